The Morgan fingerprint density at radius 2 is 2.41 bits per heavy atom. The third-order valence-corrected chi connectivity index (χ3v) is 3.36. The van der Waals surface area contributed by atoms with Crippen LogP contribution in [0.5, 0.6) is 0 Å². The van der Waals surface area contributed by atoms with Crippen molar-refractivity contribution in [2.75, 3.05) is 25.2 Å². The van der Waals surface area contributed by atoms with Crippen molar-refractivity contribution in [1.82, 2.24) is 4.98 Å². The van der Waals surface area contributed by atoms with Crippen LogP contribution in [0.2, 0.25) is 0 Å². The van der Waals surface area contributed by atoms with Gasteiger partial charge in [0, 0.05) is 13.7 Å². The molecule has 1 aliphatic rings. The van der Waals surface area contributed by atoms with Gasteiger partial charge in [-0.15, -0.1) is 0 Å². The van der Waals surface area contributed by atoms with E-state index in [1.54, 1.807) is 0 Å². The summed E-state index contributed by atoms with van der Waals surface area (Å²) in [6.45, 7) is 3.58. The molecule has 1 aromatic heterocycles. The number of anilines is 1. The van der Waals surface area contributed by atoms with Crippen molar-refractivity contribution in [1.29, 1.82) is 0 Å². The maximum atomic E-state index is 9.67. The van der Waals surface area contributed by atoms with E-state index in [2.05, 4.69) is 16.9 Å². The van der Waals surface area contributed by atoms with Crippen molar-refractivity contribution in [2.45, 2.75) is 31.9 Å². The average molecular weight is 236 g/mol. The number of hydrogen-bond donors (Lipinski definition) is 1. The number of rotatable bonds is 4. The molecule has 2 heterocycles. The topological polar surface area (TPSA) is 45.6 Å². The summed E-state index contributed by atoms with van der Waals surface area (Å²) in [5, 5.41) is 9.67. The van der Waals surface area contributed by atoms with Crippen LogP contribution in [0.3, 0.4) is 0 Å². The molecule has 1 unspecified atom stereocenters. The van der Waals surface area contributed by atoms with Gasteiger partial charge in [-0.3, -0.25) is 4.98 Å². The lowest BCUT2D eigenvalue weighted by Gasteiger charge is -2.25. The lowest BCUT2D eigenvalue weighted by Crippen LogP contribution is -2.31. The summed E-state index contributed by atoms with van der Waals surface area (Å²) in [4.78, 5) is 6.51. The molecule has 1 saturated heterocycles. The molecule has 17 heavy (non-hydrogen) atoms. The zero-order valence-electron chi connectivity index (χ0n) is 10.5. The van der Waals surface area contributed by atoms with Crippen molar-refractivity contribution in [3.8, 4) is 0 Å². The van der Waals surface area contributed by atoms with Crippen molar-refractivity contribution in [3.05, 3.63) is 24.0 Å². The van der Waals surface area contributed by atoms with Crippen LogP contribution in [0.1, 0.15) is 31.6 Å². The first kappa shape index (κ1) is 12.3. The first-order chi connectivity index (χ1) is 8.22. The van der Waals surface area contributed by atoms with Crippen LogP contribution in [-0.2, 0) is 4.74 Å². The summed E-state index contributed by atoms with van der Waals surface area (Å²) >= 11 is 0. The van der Waals surface area contributed by atoms with Crippen LogP contribution in [0.25, 0.3) is 0 Å². The Hall–Kier alpha value is -1.13. The summed E-state index contributed by atoms with van der Waals surface area (Å²) in [6.07, 6.45) is 3.13. The molecule has 4 heteroatoms. The summed E-state index contributed by atoms with van der Waals surface area (Å²) < 4.78 is 5.38. The standard InChI is InChI=1S/C13H20N2O2/c1-3-13(16)12-5-4-10(8-14-12)15(2)11-6-7-17-9-11/h4-5,8,11,13,16H,3,6-7,9H2,1-2H3/t11?,13-/m0/s1. The molecule has 94 valence electrons. The molecule has 0 spiro atoms. The minimum Gasteiger partial charge on any atom is -0.387 e. The monoisotopic (exact) mass is 236 g/mol. The third-order valence-electron chi connectivity index (χ3n) is 3.36. The van der Waals surface area contributed by atoms with Crippen LogP contribution < -0.4 is 4.90 Å². The Morgan fingerprint density at radius 3 is 2.94 bits per heavy atom. The highest BCUT2D eigenvalue weighted by Gasteiger charge is 2.20. The average Bonchev–Trinajstić information content (AvgIpc) is 2.91. The van der Waals surface area contributed by atoms with Gasteiger partial charge in [0.25, 0.3) is 0 Å². The smallest absolute Gasteiger partial charge is 0.0957 e. The molecule has 0 bridgehead atoms. The number of hydrogen-bond acceptors (Lipinski definition) is 4. The van der Waals surface area contributed by atoms with Crippen molar-refractivity contribution < 1.29 is 9.84 Å². The van der Waals surface area contributed by atoms with Gasteiger partial charge in [-0.1, -0.05) is 6.92 Å². The number of aliphatic hydroxyl groups is 1. The van der Waals surface area contributed by atoms with Crippen LogP contribution >= 0.6 is 0 Å². The molecule has 1 N–H and O–H groups in total. The molecular weight excluding hydrogens is 216 g/mol. The van der Waals surface area contributed by atoms with Crippen molar-refractivity contribution >= 4 is 5.69 Å². The van der Waals surface area contributed by atoms with E-state index in [9.17, 15) is 5.11 Å². The Bertz CT molecular complexity index is 347. The molecule has 0 saturated carbocycles. The Labute approximate surface area is 102 Å². The molecule has 0 aliphatic carbocycles. The quantitative estimate of drug-likeness (QED) is 0.865. The number of ether oxygens (including phenoxy) is 1. The molecule has 0 amide bonds. The molecule has 4 nitrogen and oxygen atoms in total. The maximum absolute atomic E-state index is 9.67. The Kier molecular flexibility index (Phi) is 3.97. The Balaban J connectivity index is 2.06. The zero-order chi connectivity index (χ0) is 12.3. The fourth-order valence-corrected chi connectivity index (χ4v) is 2.05. The van der Waals surface area contributed by atoms with Gasteiger partial charge in [-0.25, -0.2) is 0 Å². The molecule has 0 radical (unpaired) electrons. The van der Waals surface area contributed by atoms with E-state index in [0.717, 1.165) is 31.0 Å². The van der Waals surface area contributed by atoms with Gasteiger partial charge in [0.1, 0.15) is 0 Å². The summed E-state index contributed by atoms with van der Waals surface area (Å²) in [5.74, 6) is 0. The molecule has 2 rings (SSSR count). The first-order valence-electron chi connectivity index (χ1n) is 6.17. The van der Waals surface area contributed by atoms with Gasteiger partial charge in [0.15, 0.2) is 0 Å². The van der Waals surface area contributed by atoms with Gasteiger partial charge in [-0.2, -0.15) is 0 Å². The van der Waals surface area contributed by atoms with Crippen LogP contribution in [0.4, 0.5) is 5.69 Å². The largest absolute Gasteiger partial charge is 0.387 e. The molecular formula is C13H20N2O2. The van der Waals surface area contributed by atoms with E-state index in [4.69, 9.17) is 4.74 Å². The number of likely N-dealkylation sites (N-methyl/N-ethyl adjacent to an activating group) is 1. The number of aromatic nitrogens is 1. The van der Waals surface area contributed by atoms with E-state index in [1.165, 1.54) is 0 Å². The Morgan fingerprint density at radius 1 is 1.59 bits per heavy atom. The van der Waals surface area contributed by atoms with Gasteiger partial charge in [0.2, 0.25) is 0 Å². The first-order valence-corrected chi connectivity index (χ1v) is 6.17. The van der Waals surface area contributed by atoms with E-state index >= 15 is 0 Å². The molecule has 0 aromatic carbocycles. The molecule has 1 aromatic rings. The van der Waals surface area contributed by atoms with E-state index in [0.29, 0.717) is 12.5 Å². The fourth-order valence-electron chi connectivity index (χ4n) is 2.05. The lowest BCUT2D eigenvalue weighted by molar-refractivity contribution is 0.169. The number of pyridine rings is 1. The van der Waals surface area contributed by atoms with Gasteiger partial charge in [-0.05, 0) is 25.0 Å². The highest BCUT2D eigenvalue weighted by Crippen LogP contribution is 2.21. The summed E-state index contributed by atoms with van der Waals surface area (Å²) in [7, 11) is 2.06. The highest BCUT2D eigenvalue weighted by molar-refractivity contribution is 5.45. The van der Waals surface area contributed by atoms with Crippen LogP contribution in [0.15, 0.2) is 18.3 Å². The second-order valence-corrected chi connectivity index (χ2v) is 4.49. The second kappa shape index (κ2) is 5.47. The predicted octanol–water partition coefficient (Wildman–Crippen LogP) is 1.75. The normalized spacial score (nSPS) is 21.5. The summed E-state index contributed by atoms with van der Waals surface area (Å²) in [5.41, 5.74) is 1.82. The lowest BCUT2D eigenvalue weighted by atomic mass is 10.1. The van der Waals surface area contributed by atoms with E-state index in [1.807, 2.05) is 25.3 Å². The minimum atomic E-state index is -0.454. The SMILES string of the molecule is CC[C@H](O)c1ccc(N(C)C2CCOC2)cn1. The third kappa shape index (κ3) is 2.76. The summed E-state index contributed by atoms with van der Waals surface area (Å²) in [6, 6.07) is 4.36. The van der Waals surface area contributed by atoms with Crippen molar-refractivity contribution in [2.24, 2.45) is 0 Å². The van der Waals surface area contributed by atoms with Crippen LogP contribution in [0, 0.1) is 0 Å². The van der Waals surface area contributed by atoms with Crippen LogP contribution in [-0.4, -0.2) is 36.4 Å². The number of aliphatic hydroxyl groups excluding tert-OH is 1. The van der Waals surface area contributed by atoms with E-state index in [-0.39, 0.29) is 0 Å². The molecule has 1 fully saturated rings. The highest BCUT2D eigenvalue weighted by atomic mass is 16.5. The number of nitrogens with zero attached hydrogens (tertiary/aromatic N) is 2. The minimum absolute atomic E-state index is 0.443. The fraction of sp³-hybridized carbons (Fsp3) is 0.615. The van der Waals surface area contributed by atoms with E-state index < -0.39 is 6.10 Å². The predicted molar refractivity (Wildman–Crippen MR) is 67.1 cm³/mol. The molecule has 1 aliphatic heterocycles. The van der Waals surface area contributed by atoms with Gasteiger partial charge < -0.3 is 14.7 Å². The second-order valence-electron chi connectivity index (χ2n) is 4.49. The van der Waals surface area contributed by atoms with Crippen molar-refractivity contribution in [3.63, 3.8) is 0 Å². The maximum Gasteiger partial charge on any atom is 0.0957 e. The van der Waals surface area contributed by atoms with Gasteiger partial charge in [0.05, 0.1) is 36.3 Å². The van der Waals surface area contributed by atoms with Gasteiger partial charge >= 0.3 is 0 Å². The molecule has 2 atom stereocenters. The zero-order valence-corrected chi connectivity index (χ0v) is 10.5.